The topological polar surface area (TPSA) is 71.1 Å². The van der Waals surface area contributed by atoms with E-state index in [2.05, 4.69) is 15.6 Å². The van der Waals surface area contributed by atoms with Crippen molar-refractivity contribution in [2.24, 2.45) is 0 Å². The van der Waals surface area contributed by atoms with Crippen LogP contribution in [0.15, 0.2) is 36.7 Å². The number of ketones is 1. The van der Waals surface area contributed by atoms with E-state index in [9.17, 15) is 27.2 Å². The number of carbonyl (C=O) groups excluding carboxylic acids is 2. The minimum atomic E-state index is -5.18. The zero-order valence-electron chi connectivity index (χ0n) is 12.2. The molecule has 2 rings (SSSR count). The van der Waals surface area contributed by atoms with Crippen LogP contribution in [0.3, 0.4) is 0 Å². The fourth-order valence-corrected chi connectivity index (χ4v) is 1.81. The lowest BCUT2D eigenvalue weighted by Crippen LogP contribution is -2.24. The predicted molar refractivity (Wildman–Crippen MR) is 78.4 cm³/mol. The minimum absolute atomic E-state index is 0.106. The van der Waals surface area contributed by atoms with Crippen LogP contribution >= 0.6 is 0 Å². The van der Waals surface area contributed by atoms with Crippen LogP contribution in [0, 0.1) is 12.7 Å². The van der Waals surface area contributed by atoms with Gasteiger partial charge in [-0.05, 0) is 36.8 Å². The molecule has 2 amide bonds. The van der Waals surface area contributed by atoms with E-state index >= 15 is 0 Å². The SMILES string of the molecule is Cc1ccncc1NC(=O)Nc1ccc(C(=O)C(F)(F)F)c(F)c1. The van der Waals surface area contributed by atoms with Crippen LogP contribution in [0.4, 0.5) is 33.7 Å². The Morgan fingerprint density at radius 3 is 2.42 bits per heavy atom. The van der Waals surface area contributed by atoms with Gasteiger partial charge in [-0.25, -0.2) is 9.18 Å². The van der Waals surface area contributed by atoms with Gasteiger partial charge in [0.15, 0.2) is 0 Å². The van der Waals surface area contributed by atoms with Crippen LogP contribution in [0.25, 0.3) is 0 Å². The number of Topliss-reactive ketones (excluding diaryl/α,β-unsaturated/α-hetero) is 1. The van der Waals surface area contributed by atoms with Gasteiger partial charge in [0.25, 0.3) is 5.78 Å². The van der Waals surface area contributed by atoms with Gasteiger partial charge in [-0.2, -0.15) is 13.2 Å². The molecule has 1 aromatic heterocycles. The quantitative estimate of drug-likeness (QED) is 0.657. The Hall–Kier alpha value is -2.97. The number of benzene rings is 1. The van der Waals surface area contributed by atoms with E-state index < -0.39 is 29.4 Å². The molecule has 0 bridgehead atoms. The fraction of sp³-hybridized carbons (Fsp3) is 0.133. The maximum atomic E-state index is 13.7. The number of halogens is 4. The molecule has 9 heteroatoms. The Morgan fingerprint density at radius 1 is 1.12 bits per heavy atom. The van der Waals surface area contributed by atoms with Crippen molar-refractivity contribution in [3.63, 3.8) is 0 Å². The Morgan fingerprint density at radius 2 is 1.83 bits per heavy atom. The summed E-state index contributed by atoms with van der Waals surface area (Å²) in [5, 5.41) is 4.71. The summed E-state index contributed by atoms with van der Waals surface area (Å²) in [6.07, 6.45) is -2.24. The van der Waals surface area contributed by atoms with Crippen molar-refractivity contribution < 1.29 is 27.2 Å². The number of nitrogens with one attached hydrogen (secondary N) is 2. The van der Waals surface area contributed by atoms with Gasteiger partial charge in [-0.15, -0.1) is 0 Å². The van der Waals surface area contributed by atoms with Crippen molar-refractivity contribution in [1.29, 1.82) is 0 Å². The highest BCUT2D eigenvalue weighted by Gasteiger charge is 2.40. The summed E-state index contributed by atoms with van der Waals surface area (Å²) in [5.41, 5.74) is -0.0707. The Kier molecular flexibility index (Phi) is 4.82. The number of carbonyl (C=O) groups is 2. The molecule has 24 heavy (non-hydrogen) atoms. The molecule has 0 atom stereocenters. The second kappa shape index (κ2) is 6.65. The standard InChI is InChI=1S/C15H11F4N3O2/c1-8-4-5-20-7-12(8)22-14(24)21-9-2-3-10(11(16)6-9)13(23)15(17,18)19/h2-7H,1H3,(H2,21,22,24). The van der Waals surface area contributed by atoms with Crippen molar-refractivity contribution in [3.8, 4) is 0 Å². The number of rotatable bonds is 3. The van der Waals surface area contributed by atoms with E-state index in [0.29, 0.717) is 17.8 Å². The number of nitrogens with zero attached hydrogens (tertiary/aromatic N) is 1. The molecule has 0 unspecified atom stereocenters. The Balaban J connectivity index is 2.11. The second-order valence-corrected chi connectivity index (χ2v) is 4.79. The molecule has 2 N–H and O–H groups in total. The zero-order chi connectivity index (χ0) is 17.9. The summed E-state index contributed by atoms with van der Waals surface area (Å²) in [6, 6.07) is 3.22. The van der Waals surface area contributed by atoms with Crippen molar-refractivity contribution in [3.05, 3.63) is 53.6 Å². The third-order valence-corrected chi connectivity index (χ3v) is 3.02. The number of aryl methyl sites for hydroxylation is 1. The minimum Gasteiger partial charge on any atom is -0.308 e. The van der Waals surface area contributed by atoms with Crippen LogP contribution < -0.4 is 10.6 Å². The van der Waals surface area contributed by atoms with E-state index in [0.717, 1.165) is 11.6 Å². The summed E-state index contributed by atoms with van der Waals surface area (Å²) in [7, 11) is 0. The van der Waals surface area contributed by atoms with Crippen LogP contribution in [0.2, 0.25) is 0 Å². The highest BCUT2D eigenvalue weighted by molar-refractivity contribution is 6.02. The van der Waals surface area contributed by atoms with E-state index in [1.165, 1.54) is 12.4 Å². The summed E-state index contributed by atoms with van der Waals surface area (Å²) < 4.78 is 50.6. The van der Waals surface area contributed by atoms with Crippen molar-refractivity contribution >= 4 is 23.2 Å². The number of anilines is 2. The molecule has 1 heterocycles. The predicted octanol–water partition coefficient (Wildman–Crippen LogP) is 3.92. The molecule has 5 nitrogen and oxygen atoms in total. The van der Waals surface area contributed by atoms with Gasteiger partial charge < -0.3 is 10.6 Å². The first-order chi connectivity index (χ1) is 11.2. The summed E-state index contributed by atoms with van der Waals surface area (Å²) in [4.78, 5) is 26.7. The molecular formula is C15H11F4N3O2. The van der Waals surface area contributed by atoms with Gasteiger partial charge in [-0.1, -0.05) is 0 Å². The number of pyridine rings is 1. The van der Waals surface area contributed by atoms with Crippen LogP contribution in [0.1, 0.15) is 15.9 Å². The molecular weight excluding hydrogens is 330 g/mol. The summed E-state index contributed by atoms with van der Waals surface area (Å²) in [6.45, 7) is 1.73. The molecule has 0 saturated heterocycles. The first-order valence-electron chi connectivity index (χ1n) is 6.58. The Labute approximate surface area is 133 Å². The lowest BCUT2D eigenvalue weighted by molar-refractivity contribution is -0.0887. The zero-order valence-corrected chi connectivity index (χ0v) is 12.2. The van der Waals surface area contributed by atoms with E-state index in [4.69, 9.17) is 0 Å². The fourth-order valence-electron chi connectivity index (χ4n) is 1.81. The molecule has 126 valence electrons. The molecule has 0 aliphatic heterocycles. The number of urea groups is 1. The third-order valence-electron chi connectivity index (χ3n) is 3.02. The van der Waals surface area contributed by atoms with Crippen LogP contribution in [0.5, 0.6) is 0 Å². The third kappa shape index (κ3) is 4.06. The largest absolute Gasteiger partial charge is 0.454 e. The van der Waals surface area contributed by atoms with Crippen molar-refractivity contribution in [2.75, 3.05) is 10.6 Å². The molecule has 0 radical (unpaired) electrons. The smallest absolute Gasteiger partial charge is 0.308 e. The van der Waals surface area contributed by atoms with E-state index in [1.54, 1.807) is 13.0 Å². The molecule has 0 saturated carbocycles. The molecule has 0 aliphatic carbocycles. The first-order valence-corrected chi connectivity index (χ1v) is 6.58. The highest BCUT2D eigenvalue weighted by atomic mass is 19.4. The van der Waals surface area contributed by atoms with Gasteiger partial charge in [0.1, 0.15) is 5.82 Å². The summed E-state index contributed by atoms with van der Waals surface area (Å²) in [5.74, 6) is -3.67. The lowest BCUT2D eigenvalue weighted by Gasteiger charge is -2.11. The first kappa shape index (κ1) is 17.4. The second-order valence-electron chi connectivity index (χ2n) is 4.79. The lowest BCUT2D eigenvalue weighted by atomic mass is 10.1. The van der Waals surface area contributed by atoms with Crippen LogP contribution in [-0.4, -0.2) is 23.0 Å². The van der Waals surface area contributed by atoms with E-state index in [-0.39, 0.29) is 5.69 Å². The Bertz CT molecular complexity index is 791. The van der Waals surface area contributed by atoms with Crippen molar-refractivity contribution in [2.45, 2.75) is 13.1 Å². The van der Waals surface area contributed by atoms with Gasteiger partial charge in [-0.3, -0.25) is 9.78 Å². The number of hydrogen-bond acceptors (Lipinski definition) is 3. The average molecular weight is 341 g/mol. The highest BCUT2D eigenvalue weighted by Crippen LogP contribution is 2.24. The van der Waals surface area contributed by atoms with Crippen molar-refractivity contribution in [1.82, 2.24) is 4.98 Å². The van der Waals surface area contributed by atoms with Gasteiger partial charge >= 0.3 is 12.2 Å². The van der Waals surface area contributed by atoms with Gasteiger partial charge in [0, 0.05) is 11.9 Å². The molecule has 0 aliphatic rings. The van der Waals surface area contributed by atoms with Crippen LogP contribution in [-0.2, 0) is 0 Å². The number of alkyl halides is 3. The maximum Gasteiger partial charge on any atom is 0.454 e. The number of hydrogen-bond donors (Lipinski definition) is 2. The van der Waals surface area contributed by atoms with E-state index in [1.807, 2.05) is 0 Å². The van der Waals surface area contributed by atoms with Gasteiger partial charge in [0.2, 0.25) is 0 Å². The normalized spacial score (nSPS) is 11.0. The summed E-state index contributed by atoms with van der Waals surface area (Å²) >= 11 is 0. The molecule has 2 aromatic rings. The number of amides is 2. The monoisotopic (exact) mass is 341 g/mol. The molecule has 1 aromatic carbocycles. The van der Waals surface area contributed by atoms with Gasteiger partial charge in [0.05, 0.1) is 17.4 Å². The maximum absolute atomic E-state index is 13.7. The molecule has 0 fully saturated rings. The average Bonchev–Trinajstić information content (AvgIpc) is 2.48. The molecule has 0 spiro atoms. The number of aromatic nitrogens is 1.